The highest BCUT2D eigenvalue weighted by Crippen LogP contribution is 2.38. The van der Waals surface area contributed by atoms with Crippen LogP contribution in [0.1, 0.15) is 19.4 Å². The van der Waals surface area contributed by atoms with E-state index in [0.717, 1.165) is 23.6 Å². The molecule has 5 rings (SSSR count). The predicted molar refractivity (Wildman–Crippen MR) is 124 cm³/mol. The summed E-state index contributed by atoms with van der Waals surface area (Å²) in [4.78, 5) is 22.9. The fourth-order valence-electron chi connectivity index (χ4n) is 3.78. The number of carbonyl (C=O) groups is 1. The molecule has 1 N–H and O–H groups in total. The van der Waals surface area contributed by atoms with Gasteiger partial charge in [0.25, 0.3) is 0 Å². The van der Waals surface area contributed by atoms with Crippen molar-refractivity contribution in [1.29, 1.82) is 0 Å². The van der Waals surface area contributed by atoms with Crippen molar-refractivity contribution in [3.63, 3.8) is 0 Å². The molecular weight excluding hydrogens is 470 g/mol. The van der Waals surface area contributed by atoms with Gasteiger partial charge in [-0.1, -0.05) is 17.7 Å². The van der Waals surface area contributed by atoms with Crippen LogP contribution in [0.15, 0.2) is 46.4 Å². The third-order valence-corrected chi connectivity index (χ3v) is 7.01. The van der Waals surface area contributed by atoms with Crippen molar-refractivity contribution in [1.82, 2.24) is 9.21 Å². The van der Waals surface area contributed by atoms with E-state index in [-0.39, 0.29) is 35.2 Å². The number of fused-ring (bicyclic) bond motifs is 3. The van der Waals surface area contributed by atoms with Crippen molar-refractivity contribution in [3.05, 3.63) is 47.0 Å². The number of anilines is 1. The second kappa shape index (κ2) is 7.63. The van der Waals surface area contributed by atoms with Crippen molar-refractivity contribution in [2.45, 2.75) is 19.4 Å². The molecular formula is C21H20ClN5O5S. The molecule has 3 heterocycles. The predicted octanol–water partition coefficient (Wildman–Crippen LogP) is 3.76. The largest absolute Gasteiger partial charge is 0.456 e. The van der Waals surface area contributed by atoms with Crippen LogP contribution in [-0.4, -0.2) is 61.1 Å². The number of nitrogens with zero attached hydrogens (tertiary/aromatic N) is 4. The van der Waals surface area contributed by atoms with Gasteiger partial charge in [0.05, 0.1) is 36.3 Å². The molecule has 0 spiro atoms. The van der Waals surface area contributed by atoms with Gasteiger partial charge in [0.2, 0.25) is 0 Å². The Hall–Kier alpha value is -3.31. The van der Waals surface area contributed by atoms with Gasteiger partial charge in [0.15, 0.2) is 0 Å². The molecule has 1 fully saturated rings. The number of cyclic esters (lactones) is 1. The number of rotatable bonds is 5. The highest BCUT2D eigenvalue weighted by Gasteiger charge is 2.35. The molecule has 0 saturated carbocycles. The maximum absolute atomic E-state index is 12.5. The lowest BCUT2D eigenvalue weighted by Crippen LogP contribution is -2.36. The van der Waals surface area contributed by atoms with Gasteiger partial charge in [-0.05, 0) is 44.2 Å². The van der Waals surface area contributed by atoms with Crippen LogP contribution in [0.4, 0.5) is 16.2 Å². The minimum Gasteiger partial charge on any atom is -0.456 e. The molecule has 0 bridgehead atoms. The lowest BCUT2D eigenvalue weighted by Gasteiger charge is -2.22. The molecule has 10 nitrogen and oxygen atoms in total. The van der Waals surface area contributed by atoms with Gasteiger partial charge < -0.3 is 14.4 Å². The molecule has 0 atom stereocenters. The average molecular weight is 490 g/mol. The van der Waals surface area contributed by atoms with Gasteiger partial charge in [-0.2, -0.15) is 12.7 Å². The molecule has 0 radical (unpaired) electrons. The molecule has 2 aromatic carbocycles. The summed E-state index contributed by atoms with van der Waals surface area (Å²) in [5.41, 5.74) is 1.46. The summed E-state index contributed by atoms with van der Waals surface area (Å²) < 4.78 is 38.7. The number of hydrogen-bond acceptors (Lipinski definition) is 8. The second-order valence-corrected chi connectivity index (χ2v) is 10.3. The van der Waals surface area contributed by atoms with E-state index in [9.17, 15) is 13.2 Å². The first-order valence-electron chi connectivity index (χ1n) is 10.1. The quantitative estimate of drug-likeness (QED) is 0.684. The summed E-state index contributed by atoms with van der Waals surface area (Å²) in [6, 6.07) is 10.1. The van der Waals surface area contributed by atoms with Crippen molar-refractivity contribution in [2.75, 3.05) is 24.4 Å². The number of amidine groups is 1. The highest BCUT2D eigenvalue weighted by molar-refractivity contribution is 7.91. The first-order chi connectivity index (χ1) is 15.6. The molecule has 0 unspecified atom stereocenters. The monoisotopic (exact) mass is 489 g/mol. The Balaban J connectivity index is 1.42. The van der Waals surface area contributed by atoms with E-state index in [2.05, 4.69) is 23.6 Å². The Morgan fingerprint density at radius 2 is 2.06 bits per heavy atom. The average Bonchev–Trinajstić information content (AvgIpc) is 3.33. The molecule has 3 aliphatic heterocycles. The summed E-state index contributed by atoms with van der Waals surface area (Å²) in [5.74, 6) is 1.55. The zero-order chi connectivity index (χ0) is 23.4. The zero-order valence-corrected chi connectivity index (χ0v) is 19.4. The van der Waals surface area contributed by atoms with Crippen LogP contribution in [0.3, 0.4) is 0 Å². The van der Waals surface area contributed by atoms with Crippen molar-refractivity contribution >= 4 is 51.5 Å². The van der Waals surface area contributed by atoms with Crippen LogP contribution in [0.2, 0.25) is 5.02 Å². The Morgan fingerprint density at radius 1 is 1.24 bits per heavy atom. The Morgan fingerprint density at radius 3 is 2.82 bits per heavy atom. The van der Waals surface area contributed by atoms with Gasteiger partial charge in [-0.25, -0.2) is 9.79 Å². The van der Waals surface area contributed by atoms with Gasteiger partial charge in [0, 0.05) is 5.56 Å². The molecule has 2 aromatic rings. The number of halogens is 1. The maximum Gasteiger partial charge on any atom is 0.425 e. The van der Waals surface area contributed by atoms with Crippen LogP contribution in [0.5, 0.6) is 11.5 Å². The van der Waals surface area contributed by atoms with Crippen molar-refractivity contribution < 1.29 is 22.7 Å². The standard InChI is InChI=1S/C21H20ClN5O5S/c1-21(2)11-26-12-23-15-7-6-13(10-14(15)19(26)24-21)32-17-5-3-4-16(18(17)22)25-33(29,30)27-8-9-31-20(27)28/h3-7,10,12,25H,8-9,11H2,1-2H3. The van der Waals surface area contributed by atoms with Gasteiger partial charge >= 0.3 is 16.3 Å². The van der Waals surface area contributed by atoms with Crippen LogP contribution < -0.4 is 9.46 Å². The fourth-order valence-corrected chi connectivity index (χ4v) is 5.17. The Bertz CT molecular complexity index is 1320. The smallest absolute Gasteiger partial charge is 0.425 e. The SMILES string of the molecule is CC1(C)CN2C=Nc3ccc(Oc4cccc(NS(=O)(=O)N5CCOC5=O)c4Cl)cc3C2=N1. The maximum atomic E-state index is 12.5. The van der Waals surface area contributed by atoms with E-state index >= 15 is 0 Å². The Kier molecular flexibility index (Phi) is 4.98. The van der Waals surface area contributed by atoms with Gasteiger partial charge in [-0.3, -0.25) is 9.71 Å². The van der Waals surface area contributed by atoms with Gasteiger partial charge in [-0.15, -0.1) is 0 Å². The van der Waals surface area contributed by atoms with Crippen LogP contribution in [-0.2, 0) is 14.9 Å². The van der Waals surface area contributed by atoms with E-state index < -0.39 is 16.3 Å². The summed E-state index contributed by atoms with van der Waals surface area (Å²) in [6.07, 6.45) is 0.841. The lowest BCUT2D eigenvalue weighted by molar-refractivity contribution is 0.170. The topological polar surface area (TPSA) is 113 Å². The van der Waals surface area contributed by atoms with E-state index in [0.29, 0.717) is 10.1 Å². The number of hydrogen-bond donors (Lipinski definition) is 1. The van der Waals surface area contributed by atoms with E-state index in [4.69, 9.17) is 26.1 Å². The zero-order valence-electron chi connectivity index (χ0n) is 17.8. The lowest BCUT2D eigenvalue weighted by atomic mass is 10.1. The number of aliphatic imine (C=N–C) groups is 2. The number of amides is 1. The minimum absolute atomic E-state index is 0.00109. The fraction of sp³-hybridized carbons (Fsp3) is 0.286. The molecule has 1 amide bonds. The molecule has 33 heavy (non-hydrogen) atoms. The third-order valence-electron chi connectivity index (χ3n) is 5.23. The number of benzene rings is 2. The summed E-state index contributed by atoms with van der Waals surface area (Å²) >= 11 is 6.44. The van der Waals surface area contributed by atoms with Crippen molar-refractivity contribution in [2.24, 2.45) is 9.98 Å². The molecule has 1 saturated heterocycles. The summed E-state index contributed by atoms with van der Waals surface area (Å²) in [6.45, 7) is 4.77. The number of ether oxygens (including phenoxy) is 2. The Labute approximate surface area is 195 Å². The van der Waals surface area contributed by atoms with Crippen molar-refractivity contribution in [3.8, 4) is 11.5 Å². The highest BCUT2D eigenvalue weighted by atomic mass is 35.5. The first kappa shape index (κ1) is 21.5. The third kappa shape index (κ3) is 3.98. The summed E-state index contributed by atoms with van der Waals surface area (Å²) in [7, 11) is -4.18. The van der Waals surface area contributed by atoms with Crippen LogP contribution in [0, 0.1) is 0 Å². The minimum atomic E-state index is -4.18. The van der Waals surface area contributed by atoms with Crippen LogP contribution >= 0.6 is 11.6 Å². The molecule has 0 aliphatic carbocycles. The molecule has 12 heteroatoms. The van der Waals surface area contributed by atoms with Gasteiger partial charge in [0.1, 0.15) is 29.0 Å². The molecule has 0 aromatic heterocycles. The second-order valence-electron chi connectivity index (χ2n) is 8.31. The van der Waals surface area contributed by atoms with E-state index in [1.165, 1.54) is 6.07 Å². The number of carbonyl (C=O) groups excluding carboxylic acids is 1. The van der Waals surface area contributed by atoms with E-state index in [1.807, 2.05) is 17.0 Å². The van der Waals surface area contributed by atoms with E-state index in [1.54, 1.807) is 24.5 Å². The summed E-state index contributed by atoms with van der Waals surface area (Å²) in [5, 5.41) is 0.0466. The first-order valence-corrected chi connectivity index (χ1v) is 11.9. The molecule has 3 aliphatic rings. The molecule has 172 valence electrons. The normalized spacial score (nSPS) is 18.5. The number of nitrogens with one attached hydrogen (secondary N) is 1. The van der Waals surface area contributed by atoms with Crippen LogP contribution in [0.25, 0.3) is 0 Å².